The molecule has 1 aliphatic heterocycles. The molecule has 2 aromatic rings. The Kier molecular flexibility index (Phi) is 4.66. The van der Waals surface area contributed by atoms with Crippen LogP contribution in [0, 0.1) is 11.6 Å². The standard InChI is InChI=1S/C19H16F2O4S/c1-19(2)17(14-8-3-11(9-15(14)21)10-26(23)24)16(18(22)25-19)12-4-6-13(20)7-5-12/h3-9,26H,10H2,1-2H3. The Hall–Kier alpha value is -2.54. The van der Waals surface area contributed by atoms with Gasteiger partial charge in [-0.05, 0) is 43.2 Å². The summed E-state index contributed by atoms with van der Waals surface area (Å²) in [5.74, 6) is -2.00. The number of thiol groups is 1. The minimum Gasteiger partial charge on any atom is -0.451 e. The van der Waals surface area contributed by atoms with Gasteiger partial charge in [0.15, 0.2) is 0 Å². The highest BCUT2D eigenvalue weighted by Crippen LogP contribution is 2.44. The van der Waals surface area contributed by atoms with Gasteiger partial charge in [0.2, 0.25) is 0 Å². The van der Waals surface area contributed by atoms with E-state index in [-0.39, 0.29) is 16.9 Å². The van der Waals surface area contributed by atoms with Crippen molar-refractivity contribution in [3.05, 3.63) is 70.8 Å². The number of ether oxygens (including phenoxy) is 1. The van der Waals surface area contributed by atoms with E-state index < -0.39 is 33.9 Å². The van der Waals surface area contributed by atoms with Gasteiger partial charge in [0.25, 0.3) is 0 Å². The van der Waals surface area contributed by atoms with E-state index >= 15 is 0 Å². The lowest BCUT2D eigenvalue weighted by Crippen LogP contribution is -2.22. The molecule has 0 saturated heterocycles. The van der Waals surface area contributed by atoms with Crippen molar-refractivity contribution in [3.63, 3.8) is 0 Å². The summed E-state index contributed by atoms with van der Waals surface area (Å²) in [6, 6.07) is 9.35. The monoisotopic (exact) mass is 378 g/mol. The van der Waals surface area contributed by atoms with Gasteiger partial charge >= 0.3 is 5.97 Å². The number of rotatable bonds is 4. The average Bonchev–Trinajstić information content (AvgIpc) is 2.77. The zero-order chi connectivity index (χ0) is 19.1. The van der Waals surface area contributed by atoms with Gasteiger partial charge in [-0.3, -0.25) is 0 Å². The van der Waals surface area contributed by atoms with Crippen LogP contribution in [0.25, 0.3) is 11.1 Å². The maximum atomic E-state index is 14.7. The summed E-state index contributed by atoms with van der Waals surface area (Å²) in [6.45, 7) is 3.28. The van der Waals surface area contributed by atoms with E-state index in [4.69, 9.17) is 4.74 Å². The van der Waals surface area contributed by atoms with Crippen molar-refractivity contribution in [1.82, 2.24) is 0 Å². The number of hydrogen-bond donors (Lipinski definition) is 1. The maximum absolute atomic E-state index is 14.7. The van der Waals surface area contributed by atoms with Crippen LogP contribution in [0.1, 0.15) is 30.5 Å². The van der Waals surface area contributed by atoms with Crippen molar-refractivity contribution < 1.29 is 26.7 Å². The van der Waals surface area contributed by atoms with Crippen molar-refractivity contribution in [2.45, 2.75) is 25.2 Å². The summed E-state index contributed by atoms with van der Waals surface area (Å²) in [4.78, 5) is 12.4. The average molecular weight is 378 g/mol. The summed E-state index contributed by atoms with van der Waals surface area (Å²) < 4.78 is 55.0. The van der Waals surface area contributed by atoms with Crippen molar-refractivity contribution >= 4 is 27.8 Å². The van der Waals surface area contributed by atoms with Gasteiger partial charge in [0.05, 0.1) is 11.3 Å². The van der Waals surface area contributed by atoms with Gasteiger partial charge in [0, 0.05) is 11.1 Å². The van der Waals surface area contributed by atoms with Gasteiger partial charge in [0.1, 0.15) is 27.9 Å². The SMILES string of the molecule is CC1(C)OC(=O)C(c2ccc(F)cc2)=C1c1ccc(C[SH](=O)=O)cc1F. The van der Waals surface area contributed by atoms with Gasteiger partial charge in [-0.1, -0.05) is 24.3 Å². The van der Waals surface area contributed by atoms with Crippen LogP contribution in [-0.2, 0) is 26.0 Å². The van der Waals surface area contributed by atoms with E-state index in [1.807, 2.05) is 0 Å². The number of benzene rings is 2. The normalized spacial score (nSPS) is 16.3. The van der Waals surface area contributed by atoms with Crippen LogP contribution in [-0.4, -0.2) is 20.0 Å². The van der Waals surface area contributed by atoms with Gasteiger partial charge in [-0.15, -0.1) is 0 Å². The first-order valence-electron chi connectivity index (χ1n) is 7.83. The van der Waals surface area contributed by atoms with Crippen molar-refractivity contribution in [3.8, 4) is 0 Å². The predicted molar refractivity (Wildman–Crippen MR) is 93.8 cm³/mol. The van der Waals surface area contributed by atoms with Gasteiger partial charge in [-0.25, -0.2) is 22.0 Å². The second-order valence-corrected chi connectivity index (χ2v) is 7.44. The first-order chi connectivity index (χ1) is 12.2. The Balaban J connectivity index is 2.20. The molecule has 0 aromatic heterocycles. The molecule has 4 nitrogen and oxygen atoms in total. The number of esters is 1. The number of hydrogen-bond acceptors (Lipinski definition) is 4. The molecule has 3 rings (SSSR count). The molecular weight excluding hydrogens is 362 g/mol. The van der Waals surface area contributed by atoms with Crippen LogP contribution >= 0.6 is 0 Å². The zero-order valence-electron chi connectivity index (χ0n) is 14.1. The molecule has 0 fully saturated rings. The van der Waals surface area contributed by atoms with Gasteiger partial charge < -0.3 is 4.74 Å². The quantitative estimate of drug-likeness (QED) is 0.655. The van der Waals surface area contributed by atoms with E-state index in [0.717, 1.165) is 6.07 Å². The predicted octanol–water partition coefficient (Wildman–Crippen LogP) is 3.32. The fourth-order valence-electron chi connectivity index (χ4n) is 3.08. The van der Waals surface area contributed by atoms with E-state index in [9.17, 15) is 22.0 Å². The van der Waals surface area contributed by atoms with Crippen LogP contribution in [0.3, 0.4) is 0 Å². The fraction of sp³-hybridized carbons (Fsp3) is 0.211. The second kappa shape index (κ2) is 6.64. The first kappa shape index (κ1) is 18.3. The highest BCUT2D eigenvalue weighted by molar-refractivity contribution is 7.71. The van der Waals surface area contributed by atoms with Crippen molar-refractivity contribution in [1.29, 1.82) is 0 Å². The number of halogens is 2. The highest BCUT2D eigenvalue weighted by atomic mass is 32.2. The smallest absolute Gasteiger partial charge is 0.340 e. The topological polar surface area (TPSA) is 60.4 Å². The largest absolute Gasteiger partial charge is 0.451 e. The lowest BCUT2D eigenvalue weighted by Gasteiger charge is -2.22. The van der Waals surface area contributed by atoms with E-state index in [2.05, 4.69) is 0 Å². The molecule has 0 saturated carbocycles. The minimum absolute atomic E-state index is 0.144. The third-order valence-electron chi connectivity index (χ3n) is 4.15. The molecular formula is C19H16F2O4S. The Morgan fingerprint density at radius 3 is 2.27 bits per heavy atom. The third-order valence-corrected chi connectivity index (χ3v) is 4.77. The maximum Gasteiger partial charge on any atom is 0.340 e. The van der Waals surface area contributed by atoms with Gasteiger partial charge in [-0.2, -0.15) is 0 Å². The van der Waals surface area contributed by atoms with E-state index in [1.54, 1.807) is 13.8 Å². The highest BCUT2D eigenvalue weighted by Gasteiger charge is 2.42. The molecule has 136 valence electrons. The molecule has 0 aliphatic carbocycles. The summed E-state index contributed by atoms with van der Waals surface area (Å²) in [5.41, 5.74) is 0.288. The van der Waals surface area contributed by atoms with E-state index in [1.165, 1.54) is 36.4 Å². The Morgan fingerprint density at radius 2 is 1.69 bits per heavy atom. The molecule has 1 heterocycles. The zero-order valence-corrected chi connectivity index (χ0v) is 15.0. The summed E-state index contributed by atoms with van der Waals surface area (Å²) >= 11 is 0. The summed E-state index contributed by atoms with van der Waals surface area (Å²) in [7, 11) is -2.68. The lowest BCUT2D eigenvalue weighted by molar-refractivity contribution is -0.141. The van der Waals surface area contributed by atoms with Crippen LogP contribution in [0.2, 0.25) is 0 Å². The lowest BCUT2D eigenvalue weighted by atomic mass is 9.86. The van der Waals surface area contributed by atoms with E-state index in [0.29, 0.717) is 16.7 Å². The molecule has 26 heavy (non-hydrogen) atoms. The molecule has 0 atom stereocenters. The Labute approximate surface area is 151 Å². The molecule has 0 spiro atoms. The summed E-state index contributed by atoms with van der Waals surface area (Å²) in [6.07, 6.45) is 0. The molecule has 1 aliphatic rings. The molecule has 0 bridgehead atoms. The molecule has 0 N–H and O–H groups in total. The number of carbonyl (C=O) groups excluding carboxylic acids is 1. The van der Waals surface area contributed by atoms with Crippen LogP contribution in [0.15, 0.2) is 42.5 Å². The molecule has 0 unspecified atom stereocenters. The second-order valence-electron chi connectivity index (χ2n) is 6.46. The molecule has 0 amide bonds. The number of carbonyl (C=O) groups is 1. The molecule has 7 heteroatoms. The first-order valence-corrected chi connectivity index (χ1v) is 9.20. The van der Waals surface area contributed by atoms with Crippen LogP contribution in [0.5, 0.6) is 0 Å². The van der Waals surface area contributed by atoms with Crippen molar-refractivity contribution in [2.24, 2.45) is 0 Å². The minimum atomic E-state index is -2.68. The summed E-state index contributed by atoms with van der Waals surface area (Å²) in [5, 5.41) is 0. The van der Waals surface area contributed by atoms with Crippen LogP contribution in [0.4, 0.5) is 8.78 Å². The molecule has 0 radical (unpaired) electrons. The third kappa shape index (κ3) is 3.39. The molecule has 2 aromatic carbocycles. The Morgan fingerprint density at radius 1 is 1.04 bits per heavy atom. The number of cyclic esters (lactones) is 1. The Bertz CT molecular complexity index is 981. The van der Waals surface area contributed by atoms with Crippen LogP contribution < -0.4 is 0 Å². The fourth-order valence-corrected chi connectivity index (χ4v) is 3.58. The van der Waals surface area contributed by atoms with Crippen molar-refractivity contribution in [2.75, 3.05) is 0 Å².